The second-order valence-corrected chi connectivity index (χ2v) is 11.6. The number of aryl methyl sites for hydroxylation is 1. The van der Waals surface area contributed by atoms with Gasteiger partial charge in [-0.1, -0.05) is 34.5 Å². The molecule has 1 aliphatic rings. The minimum absolute atomic E-state index is 0.138. The number of benzene rings is 1. The van der Waals surface area contributed by atoms with Gasteiger partial charge < -0.3 is 4.57 Å². The maximum absolute atomic E-state index is 12.9. The van der Waals surface area contributed by atoms with Gasteiger partial charge in [-0.2, -0.15) is 9.30 Å². The number of hydrogen-bond donors (Lipinski definition) is 0. The molecule has 0 bridgehead atoms. The molecular weight excluding hydrogens is 461 g/mol. The number of fused-ring (bicyclic) bond motifs is 1. The molecule has 1 aromatic carbocycles. The van der Waals surface area contributed by atoms with E-state index in [1.807, 2.05) is 19.2 Å². The summed E-state index contributed by atoms with van der Waals surface area (Å²) in [4.78, 5) is 17.6. The van der Waals surface area contributed by atoms with Crippen LogP contribution in [0.3, 0.4) is 0 Å². The van der Waals surface area contributed by atoms with Gasteiger partial charge >= 0.3 is 0 Å². The molecule has 0 saturated carbocycles. The molecular formula is C17H15Cl2N3O3S3. The summed E-state index contributed by atoms with van der Waals surface area (Å²) in [6, 6.07) is 7.66. The van der Waals surface area contributed by atoms with Gasteiger partial charge in [-0.05, 0) is 43.2 Å². The monoisotopic (exact) mass is 475 g/mol. The van der Waals surface area contributed by atoms with E-state index in [0.717, 1.165) is 21.6 Å². The number of carbonyl (C=O) groups is 1. The highest BCUT2D eigenvalue weighted by Gasteiger charge is 2.40. The van der Waals surface area contributed by atoms with Gasteiger partial charge in [0, 0.05) is 18.6 Å². The number of aromatic nitrogens is 1. The third kappa shape index (κ3) is 3.55. The highest BCUT2D eigenvalue weighted by atomic mass is 35.5. The fourth-order valence-electron chi connectivity index (χ4n) is 3.21. The first-order chi connectivity index (χ1) is 13.3. The van der Waals surface area contributed by atoms with Gasteiger partial charge in [0.15, 0.2) is 4.80 Å². The van der Waals surface area contributed by atoms with Gasteiger partial charge in [-0.25, -0.2) is 8.42 Å². The van der Waals surface area contributed by atoms with Gasteiger partial charge in [-0.15, -0.1) is 11.3 Å². The van der Waals surface area contributed by atoms with Crippen molar-refractivity contribution in [1.82, 2.24) is 8.87 Å². The van der Waals surface area contributed by atoms with E-state index in [-0.39, 0.29) is 10.8 Å². The number of carbonyl (C=O) groups excluding carboxylic acids is 1. The van der Waals surface area contributed by atoms with Crippen LogP contribution >= 0.6 is 45.9 Å². The van der Waals surface area contributed by atoms with Crippen LogP contribution < -0.4 is 4.80 Å². The Hall–Kier alpha value is -1.23. The average Bonchev–Trinajstić information content (AvgIpc) is 3.35. The second-order valence-electron chi connectivity index (χ2n) is 6.34. The number of thiophene rings is 1. The first-order valence-electron chi connectivity index (χ1n) is 8.38. The van der Waals surface area contributed by atoms with Crippen molar-refractivity contribution in [3.63, 3.8) is 0 Å². The number of nitrogens with zero attached hydrogens (tertiary/aromatic N) is 3. The molecule has 0 N–H and O–H groups in total. The highest BCUT2D eigenvalue weighted by molar-refractivity contribution is 7.91. The first kappa shape index (κ1) is 20.1. The van der Waals surface area contributed by atoms with Gasteiger partial charge in [0.2, 0.25) is 0 Å². The zero-order valence-corrected chi connectivity index (χ0v) is 18.6. The first-order valence-corrected chi connectivity index (χ1v) is 12.2. The predicted molar refractivity (Wildman–Crippen MR) is 113 cm³/mol. The van der Waals surface area contributed by atoms with Gasteiger partial charge in [-0.3, -0.25) is 4.79 Å². The number of thiazole rings is 1. The Kier molecular flexibility index (Phi) is 5.41. The van der Waals surface area contributed by atoms with Gasteiger partial charge in [0.05, 0.1) is 14.6 Å². The molecule has 6 nitrogen and oxygen atoms in total. The molecule has 2 aromatic heterocycles. The standard InChI is InChI=1S/C17H15Cl2N3O3S3/c1-21-11-5-4-10(18)9-13(11)26-17(21)20-16(23)12-3-2-8-22(12)28(24,25)15-7-6-14(19)27-15/h4-7,9,12H,2-3,8H2,1H3. The summed E-state index contributed by atoms with van der Waals surface area (Å²) in [6.07, 6.45) is 1.06. The van der Waals surface area contributed by atoms with Crippen LogP contribution in [0.2, 0.25) is 9.36 Å². The van der Waals surface area contributed by atoms with Crippen LogP contribution in [0, 0.1) is 0 Å². The molecule has 1 aliphatic heterocycles. The largest absolute Gasteiger partial charge is 0.319 e. The molecule has 28 heavy (non-hydrogen) atoms. The maximum atomic E-state index is 12.9. The molecule has 1 atom stereocenters. The number of halogens is 2. The van der Waals surface area contributed by atoms with Gasteiger partial charge in [0.1, 0.15) is 10.3 Å². The lowest BCUT2D eigenvalue weighted by Crippen LogP contribution is -2.40. The molecule has 0 aliphatic carbocycles. The highest BCUT2D eigenvalue weighted by Crippen LogP contribution is 2.32. The van der Waals surface area contributed by atoms with E-state index >= 15 is 0 Å². The van der Waals surface area contributed by atoms with Crippen LogP contribution in [-0.2, 0) is 21.9 Å². The molecule has 3 aromatic rings. The van der Waals surface area contributed by atoms with Crippen molar-refractivity contribution in [3.8, 4) is 0 Å². The topological polar surface area (TPSA) is 71.7 Å². The summed E-state index contributed by atoms with van der Waals surface area (Å²) >= 11 is 14.2. The second kappa shape index (κ2) is 7.55. The summed E-state index contributed by atoms with van der Waals surface area (Å²) in [5.41, 5.74) is 0.907. The molecule has 1 fully saturated rings. The minimum Gasteiger partial charge on any atom is -0.319 e. The Morgan fingerprint density at radius 1 is 1.21 bits per heavy atom. The van der Waals surface area contributed by atoms with E-state index in [1.165, 1.54) is 21.7 Å². The lowest BCUT2D eigenvalue weighted by molar-refractivity contribution is -0.121. The van der Waals surface area contributed by atoms with Crippen LogP contribution in [0.4, 0.5) is 0 Å². The van der Waals surface area contributed by atoms with E-state index in [4.69, 9.17) is 23.2 Å². The molecule has 1 saturated heterocycles. The van der Waals surface area contributed by atoms with Crippen molar-refractivity contribution >= 4 is 72.0 Å². The fourth-order valence-corrected chi connectivity index (χ4v) is 7.77. The average molecular weight is 476 g/mol. The Labute approximate surface area is 179 Å². The van der Waals surface area contributed by atoms with Crippen LogP contribution in [0.15, 0.2) is 39.5 Å². The molecule has 3 heterocycles. The van der Waals surface area contributed by atoms with Crippen molar-refractivity contribution in [2.24, 2.45) is 12.0 Å². The summed E-state index contributed by atoms with van der Waals surface area (Å²) < 4.78 is 30.3. The van der Waals surface area contributed by atoms with E-state index in [0.29, 0.717) is 27.0 Å². The lowest BCUT2D eigenvalue weighted by Gasteiger charge is -2.20. The molecule has 0 radical (unpaired) electrons. The molecule has 11 heteroatoms. The van der Waals surface area contributed by atoms with Crippen LogP contribution in [0.25, 0.3) is 10.2 Å². The van der Waals surface area contributed by atoms with E-state index in [1.54, 1.807) is 16.7 Å². The minimum atomic E-state index is -3.78. The van der Waals surface area contributed by atoms with Crippen molar-refractivity contribution in [1.29, 1.82) is 0 Å². The van der Waals surface area contributed by atoms with Crippen molar-refractivity contribution in [2.75, 3.05) is 6.54 Å². The van der Waals surface area contributed by atoms with Crippen molar-refractivity contribution in [3.05, 3.63) is 44.5 Å². The maximum Gasteiger partial charge on any atom is 0.266 e. The van der Waals surface area contributed by atoms with E-state index in [2.05, 4.69) is 4.99 Å². The zero-order valence-electron chi connectivity index (χ0n) is 14.6. The number of rotatable bonds is 3. The number of amides is 1. The fraction of sp³-hybridized carbons (Fsp3) is 0.294. The lowest BCUT2D eigenvalue weighted by atomic mass is 10.2. The third-order valence-corrected chi connectivity index (χ3v) is 9.51. The third-order valence-electron chi connectivity index (χ3n) is 4.58. The Bertz CT molecular complexity index is 1240. The van der Waals surface area contributed by atoms with E-state index < -0.39 is 22.0 Å². The van der Waals surface area contributed by atoms with E-state index in [9.17, 15) is 13.2 Å². The SMILES string of the molecule is Cn1c(=NC(=O)C2CCCN2S(=O)(=O)c2ccc(Cl)s2)sc2cc(Cl)ccc21. The summed E-state index contributed by atoms with van der Waals surface area (Å²) in [7, 11) is -1.96. The summed E-state index contributed by atoms with van der Waals surface area (Å²) in [5.74, 6) is -0.461. The van der Waals surface area contributed by atoms with Crippen LogP contribution in [0.1, 0.15) is 12.8 Å². The van der Waals surface area contributed by atoms with Gasteiger partial charge in [0.25, 0.3) is 15.9 Å². The van der Waals surface area contributed by atoms with Crippen LogP contribution in [-0.4, -0.2) is 35.8 Å². The summed E-state index contributed by atoms with van der Waals surface area (Å²) in [5, 5.41) is 0.606. The normalized spacial score (nSPS) is 19.0. The van der Waals surface area contributed by atoms with Crippen LogP contribution in [0.5, 0.6) is 0 Å². The molecule has 1 unspecified atom stereocenters. The summed E-state index contributed by atoms with van der Waals surface area (Å²) in [6.45, 7) is 0.290. The number of hydrogen-bond acceptors (Lipinski definition) is 5. The van der Waals surface area contributed by atoms with Crippen molar-refractivity contribution in [2.45, 2.75) is 23.1 Å². The smallest absolute Gasteiger partial charge is 0.266 e. The number of sulfonamides is 1. The molecule has 0 spiro atoms. The van der Waals surface area contributed by atoms with Crippen molar-refractivity contribution < 1.29 is 13.2 Å². The Morgan fingerprint density at radius 2 is 2.00 bits per heavy atom. The quantitative estimate of drug-likeness (QED) is 0.576. The zero-order chi connectivity index (χ0) is 20.1. The Morgan fingerprint density at radius 3 is 2.71 bits per heavy atom. The molecule has 148 valence electrons. The molecule has 4 rings (SSSR count). The molecule has 1 amide bonds. The Balaban J connectivity index is 1.70. The predicted octanol–water partition coefficient (Wildman–Crippen LogP) is 3.89.